The summed E-state index contributed by atoms with van der Waals surface area (Å²) in [7, 11) is 0. The molecule has 0 bridgehead atoms. The van der Waals surface area contributed by atoms with Crippen LogP contribution in [0.5, 0.6) is 0 Å². The van der Waals surface area contributed by atoms with Gasteiger partial charge in [0.2, 0.25) is 0 Å². The Balaban J connectivity index is 2.22. The van der Waals surface area contributed by atoms with E-state index in [-0.39, 0.29) is 5.91 Å². The number of likely N-dealkylation sites (tertiary alicyclic amines) is 1. The molecule has 1 amide bonds. The lowest BCUT2D eigenvalue weighted by Crippen LogP contribution is -2.27. The number of rotatable bonds is 2. The minimum Gasteiger partial charge on any atom is -0.339 e. The zero-order valence-corrected chi connectivity index (χ0v) is 9.54. The van der Waals surface area contributed by atoms with Crippen molar-refractivity contribution in [2.75, 3.05) is 13.1 Å². The summed E-state index contributed by atoms with van der Waals surface area (Å²) in [5.41, 5.74) is 0.903. The number of hydrogen-bond donors (Lipinski definition) is 0. The molecule has 1 saturated heterocycles. The molecule has 1 aliphatic rings. The Morgan fingerprint density at radius 1 is 1.12 bits per heavy atom. The third kappa shape index (κ3) is 2.25. The average Bonchev–Trinajstić information content (AvgIpc) is 2.81. The number of halogens is 1. The fourth-order valence-electron chi connectivity index (χ4n) is 1.88. The maximum Gasteiger partial charge on any atom is 0.253 e. The highest BCUT2D eigenvalue weighted by molar-refractivity contribution is 6.67. The topological polar surface area (TPSA) is 37.4 Å². The van der Waals surface area contributed by atoms with Gasteiger partial charge in [-0.2, -0.15) is 0 Å². The first-order valence-corrected chi connectivity index (χ1v) is 5.65. The van der Waals surface area contributed by atoms with Crippen molar-refractivity contribution in [3.63, 3.8) is 0 Å². The summed E-state index contributed by atoms with van der Waals surface area (Å²) in [4.78, 5) is 24.8. The van der Waals surface area contributed by atoms with Crippen molar-refractivity contribution in [3.05, 3.63) is 35.4 Å². The highest BCUT2D eigenvalue weighted by atomic mass is 35.5. The molecule has 1 aliphatic heterocycles. The number of hydrogen-bond acceptors (Lipinski definition) is 2. The van der Waals surface area contributed by atoms with Crippen molar-refractivity contribution in [1.29, 1.82) is 0 Å². The van der Waals surface area contributed by atoms with E-state index < -0.39 is 5.24 Å². The Hall–Kier alpha value is -1.35. The molecular weight excluding hydrogens is 226 g/mol. The van der Waals surface area contributed by atoms with Crippen LogP contribution < -0.4 is 0 Å². The molecule has 84 valence electrons. The highest BCUT2D eigenvalue weighted by Gasteiger charge is 2.19. The first-order chi connectivity index (χ1) is 7.68. The van der Waals surface area contributed by atoms with E-state index in [1.807, 2.05) is 0 Å². The van der Waals surface area contributed by atoms with Gasteiger partial charge in [-0.3, -0.25) is 9.59 Å². The summed E-state index contributed by atoms with van der Waals surface area (Å²) in [5.74, 6) is -0.0164. The zero-order valence-electron chi connectivity index (χ0n) is 8.78. The second-order valence-corrected chi connectivity index (χ2v) is 4.20. The van der Waals surface area contributed by atoms with E-state index in [4.69, 9.17) is 11.6 Å². The van der Waals surface area contributed by atoms with Crippen molar-refractivity contribution < 1.29 is 9.59 Å². The molecule has 16 heavy (non-hydrogen) atoms. The largest absolute Gasteiger partial charge is 0.339 e. The van der Waals surface area contributed by atoms with Crippen LogP contribution in [0.3, 0.4) is 0 Å². The van der Waals surface area contributed by atoms with Gasteiger partial charge in [-0.15, -0.1) is 0 Å². The van der Waals surface area contributed by atoms with Crippen molar-refractivity contribution in [3.8, 4) is 0 Å². The summed E-state index contributed by atoms with van der Waals surface area (Å²) in [6.07, 6.45) is 2.11. The molecule has 0 unspecified atom stereocenters. The van der Waals surface area contributed by atoms with Crippen LogP contribution in [0.15, 0.2) is 24.3 Å². The van der Waals surface area contributed by atoms with E-state index in [9.17, 15) is 9.59 Å². The molecule has 1 fully saturated rings. The van der Waals surface area contributed by atoms with Crippen molar-refractivity contribution >= 4 is 22.8 Å². The average molecular weight is 238 g/mol. The van der Waals surface area contributed by atoms with Gasteiger partial charge in [0.05, 0.1) is 0 Å². The Morgan fingerprint density at radius 2 is 1.75 bits per heavy atom. The predicted octanol–water partition coefficient (Wildman–Crippen LogP) is 2.30. The van der Waals surface area contributed by atoms with Gasteiger partial charge in [0.1, 0.15) is 0 Å². The molecule has 1 aromatic rings. The lowest BCUT2D eigenvalue weighted by atomic mass is 10.1. The molecule has 3 nitrogen and oxygen atoms in total. The van der Waals surface area contributed by atoms with Gasteiger partial charge in [0, 0.05) is 24.2 Å². The Morgan fingerprint density at radius 3 is 2.38 bits per heavy atom. The molecule has 0 aliphatic carbocycles. The van der Waals surface area contributed by atoms with Crippen LogP contribution in [0, 0.1) is 0 Å². The number of nitrogens with zero attached hydrogens (tertiary/aromatic N) is 1. The van der Waals surface area contributed by atoms with Crippen LogP contribution in [-0.2, 0) is 0 Å². The van der Waals surface area contributed by atoms with Gasteiger partial charge in [-0.05, 0) is 36.6 Å². The SMILES string of the molecule is O=C(Cl)c1cccc(C(=O)N2CCCC2)c1. The van der Waals surface area contributed by atoms with Crippen molar-refractivity contribution in [2.24, 2.45) is 0 Å². The van der Waals surface area contributed by atoms with Gasteiger partial charge >= 0.3 is 0 Å². The number of benzene rings is 1. The molecule has 0 radical (unpaired) electrons. The molecule has 0 aromatic heterocycles. The quantitative estimate of drug-likeness (QED) is 0.741. The minimum absolute atomic E-state index is 0.0164. The van der Waals surface area contributed by atoms with E-state index in [1.54, 1.807) is 29.2 Å². The van der Waals surface area contributed by atoms with Crippen molar-refractivity contribution in [1.82, 2.24) is 4.90 Å². The van der Waals surface area contributed by atoms with Gasteiger partial charge in [0.25, 0.3) is 11.1 Å². The normalized spacial score (nSPS) is 15.2. The zero-order chi connectivity index (χ0) is 11.5. The fraction of sp³-hybridized carbons (Fsp3) is 0.333. The second kappa shape index (κ2) is 4.66. The van der Waals surface area contributed by atoms with E-state index >= 15 is 0 Å². The van der Waals surface area contributed by atoms with Crippen LogP contribution >= 0.6 is 11.6 Å². The van der Waals surface area contributed by atoms with E-state index in [0.717, 1.165) is 25.9 Å². The Labute approximate surface area is 99.0 Å². The number of amides is 1. The van der Waals surface area contributed by atoms with Crippen LogP contribution in [-0.4, -0.2) is 29.1 Å². The van der Waals surface area contributed by atoms with E-state index in [2.05, 4.69) is 0 Å². The lowest BCUT2D eigenvalue weighted by molar-refractivity contribution is 0.0793. The third-order valence-electron chi connectivity index (χ3n) is 2.73. The van der Waals surface area contributed by atoms with E-state index in [0.29, 0.717) is 11.1 Å². The standard InChI is InChI=1S/C12H12ClNO2/c13-11(15)9-4-3-5-10(8-9)12(16)14-6-1-2-7-14/h3-5,8H,1-2,6-7H2. The van der Waals surface area contributed by atoms with Gasteiger partial charge in [-0.1, -0.05) is 12.1 Å². The summed E-state index contributed by atoms with van der Waals surface area (Å²) in [5, 5.41) is -0.531. The first-order valence-electron chi connectivity index (χ1n) is 5.27. The van der Waals surface area contributed by atoms with Crippen LogP contribution in [0.1, 0.15) is 33.6 Å². The summed E-state index contributed by atoms with van der Waals surface area (Å²) in [6.45, 7) is 1.61. The first kappa shape index (κ1) is 11.1. The molecule has 4 heteroatoms. The molecule has 0 spiro atoms. The number of carbonyl (C=O) groups is 2. The molecule has 1 aromatic carbocycles. The monoisotopic (exact) mass is 237 g/mol. The molecule has 0 saturated carbocycles. The van der Waals surface area contributed by atoms with Crippen LogP contribution in [0.4, 0.5) is 0 Å². The summed E-state index contributed by atoms with van der Waals surface area (Å²) in [6, 6.07) is 6.55. The fourth-order valence-corrected chi connectivity index (χ4v) is 1.99. The maximum absolute atomic E-state index is 12.0. The summed E-state index contributed by atoms with van der Waals surface area (Å²) >= 11 is 5.38. The molecule has 2 rings (SSSR count). The van der Waals surface area contributed by atoms with Gasteiger partial charge < -0.3 is 4.90 Å². The Bertz CT molecular complexity index is 425. The van der Waals surface area contributed by atoms with Crippen molar-refractivity contribution in [2.45, 2.75) is 12.8 Å². The second-order valence-electron chi connectivity index (χ2n) is 3.85. The summed E-state index contributed by atoms with van der Waals surface area (Å²) < 4.78 is 0. The highest BCUT2D eigenvalue weighted by Crippen LogP contribution is 2.14. The predicted molar refractivity (Wildman–Crippen MR) is 61.8 cm³/mol. The van der Waals surface area contributed by atoms with Gasteiger partial charge in [0.15, 0.2) is 0 Å². The van der Waals surface area contributed by atoms with E-state index in [1.165, 1.54) is 0 Å². The number of carbonyl (C=O) groups excluding carboxylic acids is 2. The molecule has 0 N–H and O–H groups in total. The lowest BCUT2D eigenvalue weighted by Gasteiger charge is -2.15. The Kier molecular flexibility index (Phi) is 3.25. The minimum atomic E-state index is -0.531. The molecule has 0 atom stereocenters. The molecular formula is C12H12ClNO2. The molecule has 1 heterocycles. The third-order valence-corrected chi connectivity index (χ3v) is 2.95. The van der Waals surface area contributed by atoms with Crippen LogP contribution in [0.25, 0.3) is 0 Å². The smallest absolute Gasteiger partial charge is 0.253 e. The maximum atomic E-state index is 12.0. The van der Waals surface area contributed by atoms with Crippen LogP contribution in [0.2, 0.25) is 0 Å². The van der Waals surface area contributed by atoms with Gasteiger partial charge in [-0.25, -0.2) is 0 Å².